The Labute approximate surface area is 287 Å². The van der Waals surface area contributed by atoms with Crippen molar-refractivity contribution in [1.82, 2.24) is 21.0 Å². The Bertz CT molecular complexity index is 1700. The summed E-state index contributed by atoms with van der Waals surface area (Å²) in [6, 6.07) is 18.0. The largest absolute Gasteiger partial charge is 0.506 e. The molecule has 0 saturated carbocycles. The molecule has 3 amide bonds. The van der Waals surface area contributed by atoms with Crippen molar-refractivity contribution in [1.29, 1.82) is 0 Å². The molecule has 0 radical (unpaired) electrons. The summed E-state index contributed by atoms with van der Waals surface area (Å²) in [6.45, 7) is 8.33. The van der Waals surface area contributed by atoms with Crippen LogP contribution in [-0.4, -0.2) is 83.5 Å². The maximum atomic E-state index is 12.7. The Morgan fingerprint density at radius 3 is 2.10 bits per heavy atom. The Hall–Kier alpha value is -4.40. The van der Waals surface area contributed by atoms with Crippen LogP contribution in [0.5, 0.6) is 5.75 Å². The number of nitrogens with one attached hydrogen (secondary N) is 3. The Morgan fingerprint density at radius 2 is 1.48 bits per heavy atom. The first-order valence-electron chi connectivity index (χ1n) is 15.4. The van der Waals surface area contributed by atoms with Gasteiger partial charge in [0.1, 0.15) is 5.75 Å². The molecule has 11 nitrogen and oxygen atoms in total. The van der Waals surface area contributed by atoms with E-state index in [2.05, 4.69) is 54.1 Å². The number of benzene rings is 2. The Balaban J connectivity index is 1.24. The molecule has 0 aliphatic carbocycles. The number of hydrogen-bond acceptors (Lipinski definition) is 10. The highest BCUT2D eigenvalue weighted by atomic mass is 32.1. The average molecular weight is 692 g/mol. The average Bonchev–Trinajstić information content (AvgIpc) is 3.71. The molecule has 0 fully saturated rings. The number of carbonyl (C=O) groups excluding carboxylic acids is 3. The first-order chi connectivity index (χ1) is 23.0. The van der Waals surface area contributed by atoms with Crippen LogP contribution in [-0.2, 0) is 12.0 Å². The molecule has 0 aliphatic heterocycles. The number of nitrogens with zero attached hydrogens (tertiary/aromatic N) is 2. The van der Waals surface area contributed by atoms with Gasteiger partial charge in [-0.3, -0.25) is 19.3 Å². The van der Waals surface area contributed by atoms with Crippen molar-refractivity contribution in [2.45, 2.75) is 32.7 Å². The lowest BCUT2D eigenvalue weighted by molar-refractivity contribution is 0.0937. The zero-order valence-corrected chi connectivity index (χ0v) is 28.8. The number of amides is 3. The van der Waals surface area contributed by atoms with E-state index in [1.807, 2.05) is 17.0 Å². The molecule has 0 unspecified atom stereocenters. The second kappa shape index (κ2) is 17.1. The number of aliphatic hydroxyl groups is 2. The van der Waals surface area contributed by atoms with Gasteiger partial charge in [0.25, 0.3) is 17.7 Å². The van der Waals surface area contributed by atoms with Crippen molar-refractivity contribution in [3.63, 3.8) is 0 Å². The molecule has 4 rings (SSSR count). The minimum absolute atomic E-state index is 0.0249. The number of rotatable bonds is 15. The highest BCUT2D eigenvalue weighted by Crippen LogP contribution is 2.38. The molecule has 4 aromatic rings. The van der Waals surface area contributed by atoms with Crippen molar-refractivity contribution in [2.24, 2.45) is 5.10 Å². The molecule has 13 heteroatoms. The number of carbonyl (C=O) groups is 3. The van der Waals surface area contributed by atoms with Gasteiger partial charge in [-0.25, -0.2) is 5.43 Å². The van der Waals surface area contributed by atoms with Crippen molar-refractivity contribution in [3.05, 3.63) is 98.1 Å². The molecule has 0 bridgehead atoms. The Kier molecular flexibility index (Phi) is 13.0. The van der Waals surface area contributed by atoms with Gasteiger partial charge in [-0.2, -0.15) is 5.10 Å². The fourth-order valence-corrected chi connectivity index (χ4v) is 6.40. The van der Waals surface area contributed by atoms with Crippen molar-refractivity contribution in [2.75, 3.05) is 39.4 Å². The molecule has 2 aromatic heterocycles. The maximum Gasteiger partial charge on any atom is 0.281 e. The first-order valence-corrected chi connectivity index (χ1v) is 17.1. The van der Waals surface area contributed by atoms with E-state index in [-0.39, 0.29) is 42.7 Å². The Morgan fingerprint density at radius 1 is 0.833 bits per heavy atom. The van der Waals surface area contributed by atoms with E-state index in [0.29, 0.717) is 51.9 Å². The van der Waals surface area contributed by atoms with Crippen LogP contribution >= 0.6 is 22.7 Å². The fraction of sp³-hybridized carbons (Fsp3) is 0.314. The first kappa shape index (κ1) is 36.4. The van der Waals surface area contributed by atoms with E-state index in [0.717, 1.165) is 22.5 Å². The highest BCUT2D eigenvalue weighted by molar-refractivity contribution is 7.16. The second-order valence-electron chi connectivity index (χ2n) is 12.0. The predicted molar refractivity (Wildman–Crippen MR) is 190 cm³/mol. The lowest BCUT2D eigenvalue weighted by Gasteiger charge is -2.20. The standard InChI is InChI=1S/C35H41N5O6S2/c1-35(2,3)27-10-8-24(9-11-27)31-30(43)26(22-47-31)21-38-39-34(46)29-13-12-28(48-29)33(45)37-20-23-4-6-25(7-5-23)32(44)36-14-15-40(16-18-41)17-19-42/h4-13,21-22,41-43H,14-20H2,1-3H3,(H,36,44)(H,37,45)(H,39,46)/b38-21+. The van der Waals surface area contributed by atoms with Gasteiger partial charge in [-0.05, 0) is 46.4 Å². The summed E-state index contributed by atoms with van der Waals surface area (Å²) in [6.07, 6.45) is 1.39. The van der Waals surface area contributed by atoms with Crippen LogP contribution in [0, 0.1) is 0 Å². The van der Waals surface area contributed by atoms with Gasteiger partial charge in [0, 0.05) is 49.2 Å². The van der Waals surface area contributed by atoms with Gasteiger partial charge in [0.15, 0.2) is 0 Å². The predicted octanol–water partition coefficient (Wildman–Crippen LogP) is 4.19. The van der Waals surface area contributed by atoms with E-state index in [9.17, 15) is 19.5 Å². The number of aliphatic hydroxyl groups excluding tert-OH is 2. The molecule has 2 heterocycles. The fourth-order valence-electron chi connectivity index (χ4n) is 4.67. The van der Waals surface area contributed by atoms with Gasteiger partial charge in [0.2, 0.25) is 0 Å². The summed E-state index contributed by atoms with van der Waals surface area (Å²) in [5.74, 6) is -0.977. The molecule has 6 N–H and O–H groups in total. The molecule has 0 aliphatic rings. The van der Waals surface area contributed by atoms with Gasteiger partial charge in [0.05, 0.1) is 34.1 Å². The maximum absolute atomic E-state index is 12.7. The SMILES string of the molecule is CC(C)(C)c1ccc(-c2scc(/C=N/NC(=O)c3ccc(C(=O)NCc4ccc(C(=O)NCCN(CCO)CCO)cc4)s3)c2O)cc1. The van der Waals surface area contributed by atoms with E-state index >= 15 is 0 Å². The molecule has 0 spiro atoms. The lowest BCUT2D eigenvalue weighted by atomic mass is 9.86. The third kappa shape index (κ3) is 10.1. The van der Waals surface area contributed by atoms with Gasteiger partial charge in [-0.15, -0.1) is 22.7 Å². The van der Waals surface area contributed by atoms with Gasteiger partial charge in [-0.1, -0.05) is 57.2 Å². The molecular weight excluding hydrogens is 651 g/mol. The van der Waals surface area contributed by atoms with Gasteiger partial charge >= 0.3 is 0 Å². The number of hydrazone groups is 1. The van der Waals surface area contributed by atoms with Crippen molar-refractivity contribution in [3.8, 4) is 16.2 Å². The van der Waals surface area contributed by atoms with Crippen LogP contribution in [0.15, 0.2) is 71.1 Å². The number of hydrogen-bond donors (Lipinski definition) is 6. The molecule has 48 heavy (non-hydrogen) atoms. The molecule has 0 saturated heterocycles. The van der Waals surface area contributed by atoms with Crippen LogP contribution in [0.3, 0.4) is 0 Å². The third-order valence-electron chi connectivity index (χ3n) is 7.44. The van der Waals surface area contributed by atoms with Crippen molar-refractivity contribution < 1.29 is 29.7 Å². The van der Waals surface area contributed by atoms with E-state index in [1.54, 1.807) is 41.8 Å². The number of thiophene rings is 2. The van der Waals surface area contributed by atoms with Crippen LogP contribution < -0.4 is 16.1 Å². The summed E-state index contributed by atoms with van der Waals surface area (Å²) < 4.78 is 0. The topological polar surface area (TPSA) is 164 Å². The number of aromatic hydroxyl groups is 1. The van der Waals surface area contributed by atoms with E-state index in [4.69, 9.17) is 10.2 Å². The zero-order valence-electron chi connectivity index (χ0n) is 27.2. The zero-order chi connectivity index (χ0) is 34.7. The second-order valence-corrected chi connectivity index (χ2v) is 13.9. The van der Waals surface area contributed by atoms with Crippen LogP contribution in [0.25, 0.3) is 10.4 Å². The monoisotopic (exact) mass is 691 g/mol. The lowest BCUT2D eigenvalue weighted by Crippen LogP contribution is -2.37. The van der Waals surface area contributed by atoms with Crippen LogP contribution in [0.1, 0.15) is 67.2 Å². The van der Waals surface area contributed by atoms with Gasteiger partial charge < -0.3 is 26.0 Å². The van der Waals surface area contributed by atoms with Crippen molar-refractivity contribution >= 4 is 46.6 Å². The smallest absolute Gasteiger partial charge is 0.281 e. The molecule has 2 aromatic carbocycles. The summed E-state index contributed by atoms with van der Waals surface area (Å²) in [4.78, 5) is 41.1. The minimum atomic E-state index is -0.480. The summed E-state index contributed by atoms with van der Waals surface area (Å²) in [7, 11) is 0. The quantitative estimate of drug-likeness (QED) is 0.0804. The van der Waals surface area contributed by atoms with E-state index in [1.165, 1.54) is 23.1 Å². The van der Waals surface area contributed by atoms with Crippen LogP contribution in [0.4, 0.5) is 0 Å². The molecular formula is C35H41N5O6S2. The van der Waals surface area contributed by atoms with E-state index < -0.39 is 5.91 Å². The normalized spacial score (nSPS) is 11.6. The molecule has 254 valence electrons. The highest BCUT2D eigenvalue weighted by Gasteiger charge is 2.17. The third-order valence-corrected chi connectivity index (χ3v) is 9.56. The van der Waals surface area contributed by atoms with Crippen LogP contribution in [0.2, 0.25) is 0 Å². The molecule has 0 atom stereocenters. The summed E-state index contributed by atoms with van der Waals surface area (Å²) >= 11 is 2.42. The summed E-state index contributed by atoms with van der Waals surface area (Å²) in [5, 5.41) is 40.3. The minimum Gasteiger partial charge on any atom is -0.506 e. The summed E-state index contributed by atoms with van der Waals surface area (Å²) in [5.41, 5.74) is 6.32.